The Bertz CT molecular complexity index is 465. The second-order valence-corrected chi connectivity index (χ2v) is 5.29. The van der Waals surface area contributed by atoms with Crippen molar-refractivity contribution in [3.63, 3.8) is 0 Å². The standard InChI is InChI=1S/C16H22N2O2/c1-3-13(2)15(19)17-9-11-18(12-10-17)16(20)14-7-5-4-6-8-14/h4-8,13H,3,9-12H2,1-2H3. The summed E-state index contributed by atoms with van der Waals surface area (Å²) in [6.45, 7) is 6.51. The van der Waals surface area contributed by atoms with Gasteiger partial charge in [-0.15, -0.1) is 0 Å². The van der Waals surface area contributed by atoms with Crippen molar-refractivity contribution in [1.82, 2.24) is 9.80 Å². The highest BCUT2D eigenvalue weighted by Crippen LogP contribution is 2.12. The lowest BCUT2D eigenvalue weighted by Gasteiger charge is -2.36. The zero-order valence-electron chi connectivity index (χ0n) is 12.2. The van der Waals surface area contributed by atoms with Crippen molar-refractivity contribution in [2.45, 2.75) is 20.3 Å². The number of nitrogens with zero attached hydrogens (tertiary/aromatic N) is 2. The quantitative estimate of drug-likeness (QED) is 0.846. The Hall–Kier alpha value is -1.84. The predicted molar refractivity (Wildman–Crippen MR) is 78.4 cm³/mol. The van der Waals surface area contributed by atoms with E-state index in [2.05, 4.69) is 0 Å². The van der Waals surface area contributed by atoms with Crippen LogP contribution in [0.3, 0.4) is 0 Å². The molecular weight excluding hydrogens is 252 g/mol. The molecule has 4 heteroatoms. The van der Waals surface area contributed by atoms with E-state index in [4.69, 9.17) is 0 Å². The molecule has 0 spiro atoms. The highest BCUT2D eigenvalue weighted by atomic mass is 16.2. The molecule has 1 heterocycles. The fourth-order valence-corrected chi connectivity index (χ4v) is 2.38. The number of hydrogen-bond donors (Lipinski definition) is 0. The Kier molecular flexibility index (Phi) is 4.77. The van der Waals surface area contributed by atoms with Gasteiger partial charge in [0.1, 0.15) is 0 Å². The Labute approximate surface area is 120 Å². The van der Waals surface area contributed by atoms with E-state index in [0.29, 0.717) is 31.7 Å². The van der Waals surface area contributed by atoms with Gasteiger partial charge in [0, 0.05) is 37.7 Å². The molecule has 1 aliphatic rings. The van der Waals surface area contributed by atoms with E-state index in [0.717, 1.165) is 6.42 Å². The van der Waals surface area contributed by atoms with Gasteiger partial charge in [-0.2, -0.15) is 0 Å². The maximum atomic E-state index is 12.3. The number of carbonyl (C=O) groups excluding carboxylic acids is 2. The predicted octanol–water partition coefficient (Wildman–Crippen LogP) is 2.02. The minimum atomic E-state index is 0.0567. The Balaban J connectivity index is 1.92. The molecule has 0 radical (unpaired) electrons. The lowest BCUT2D eigenvalue weighted by atomic mass is 10.1. The minimum Gasteiger partial charge on any atom is -0.339 e. The lowest BCUT2D eigenvalue weighted by molar-refractivity contribution is -0.136. The fourth-order valence-electron chi connectivity index (χ4n) is 2.38. The number of amides is 2. The first-order chi connectivity index (χ1) is 9.63. The molecule has 4 nitrogen and oxygen atoms in total. The molecule has 0 saturated carbocycles. The fraction of sp³-hybridized carbons (Fsp3) is 0.500. The van der Waals surface area contributed by atoms with E-state index in [1.165, 1.54) is 0 Å². The van der Waals surface area contributed by atoms with Gasteiger partial charge in [0.2, 0.25) is 5.91 Å². The molecule has 2 rings (SSSR count). The van der Waals surface area contributed by atoms with Crippen molar-refractivity contribution >= 4 is 11.8 Å². The van der Waals surface area contributed by atoms with Crippen LogP contribution in [0.1, 0.15) is 30.6 Å². The van der Waals surface area contributed by atoms with E-state index in [1.807, 2.05) is 54.0 Å². The molecule has 1 aliphatic heterocycles. The van der Waals surface area contributed by atoms with Crippen molar-refractivity contribution in [3.8, 4) is 0 Å². The molecule has 0 aliphatic carbocycles. The summed E-state index contributed by atoms with van der Waals surface area (Å²) in [5.74, 6) is 0.340. The number of benzene rings is 1. The number of carbonyl (C=O) groups is 2. The first-order valence-electron chi connectivity index (χ1n) is 7.26. The van der Waals surface area contributed by atoms with E-state index in [-0.39, 0.29) is 17.7 Å². The van der Waals surface area contributed by atoms with E-state index < -0.39 is 0 Å². The summed E-state index contributed by atoms with van der Waals surface area (Å²) in [5.41, 5.74) is 0.717. The number of piperazine rings is 1. The van der Waals surface area contributed by atoms with Gasteiger partial charge in [0.05, 0.1) is 0 Å². The molecule has 0 bridgehead atoms. The zero-order valence-corrected chi connectivity index (χ0v) is 12.2. The van der Waals surface area contributed by atoms with Gasteiger partial charge in [-0.3, -0.25) is 9.59 Å². The number of hydrogen-bond acceptors (Lipinski definition) is 2. The summed E-state index contributed by atoms with van der Waals surface area (Å²) < 4.78 is 0. The van der Waals surface area contributed by atoms with Gasteiger partial charge in [-0.05, 0) is 18.6 Å². The molecule has 1 saturated heterocycles. The van der Waals surface area contributed by atoms with Crippen LogP contribution in [0.4, 0.5) is 0 Å². The largest absolute Gasteiger partial charge is 0.339 e. The summed E-state index contributed by atoms with van der Waals surface area (Å²) >= 11 is 0. The third-order valence-electron chi connectivity index (χ3n) is 3.93. The van der Waals surface area contributed by atoms with Crippen molar-refractivity contribution < 1.29 is 9.59 Å². The maximum absolute atomic E-state index is 12.3. The van der Waals surface area contributed by atoms with Crippen molar-refractivity contribution in [2.24, 2.45) is 5.92 Å². The topological polar surface area (TPSA) is 40.6 Å². The molecule has 0 aromatic heterocycles. The molecule has 1 aromatic rings. The van der Waals surface area contributed by atoms with E-state index >= 15 is 0 Å². The SMILES string of the molecule is CCC(C)C(=O)N1CCN(C(=O)c2ccccc2)CC1. The van der Waals surface area contributed by atoms with Crippen LogP contribution in [0, 0.1) is 5.92 Å². The van der Waals surface area contributed by atoms with Crippen LogP contribution in [-0.2, 0) is 4.79 Å². The van der Waals surface area contributed by atoms with Gasteiger partial charge < -0.3 is 9.80 Å². The van der Waals surface area contributed by atoms with Crippen LogP contribution in [0.2, 0.25) is 0 Å². The summed E-state index contributed by atoms with van der Waals surface area (Å²) in [4.78, 5) is 28.1. The van der Waals surface area contributed by atoms with Gasteiger partial charge >= 0.3 is 0 Å². The van der Waals surface area contributed by atoms with Crippen molar-refractivity contribution in [3.05, 3.63) is 35.9 Å². The first-order valence-corrected chi connectivity index (χ1v) is 7.26. The monoisotopic (exact) mass is 274 g/mol. The highest BCUT2D eigenvalue weighted by Gasteiger charge is 2.26. The molecule has 2 amide bonds. The molecular formula is C16H22N2O2. The normalized spacial score (nSPS) is 16.9. The molecule has 0 N–H and O–H groups in total. The van der Waals surface area contributed by atoms with E-state index in [1.54, 1.807) is 0 Å². The third-order valence-corrected chi connectivity index (χ3v) is 3.93. The van der Waals surface area contributed by atoms with Gasteiger partial charge in [-0.1, -0.05) is 32.0 Å². The average molecular weight is 274 g/mol. The third kappa shape index (κ3) is 3.18. The van der Waals surface area contributed by atoms with E-state index in [9.17, 15) is 9.59 Å². The Morgan fingerprint density at radius 1 is 1.05 bits per heavy atom. The van der Waals surface area contributed by atoms with Crippen LogP contribution < -0.4 is 0 Å². The van der Waals surface area contributed by atoms with Crippen LogP contribution in [0.5, 0.6) is 0 Å². The summed E-state index contributed by atoms with van der Waals surface area (Å²) in [5, 5.41) is 0. The average Bonchev–Trinajstić information content (AvgIpc) is 2.53. The number of rotatable bonds is 3. The summed E-state index contributed by atoms with van der Waals surface area (Å²) in [6.07, 6.45) is 0.863. The van der Waals surface area contributed by atoms with Crippen LogP contribution in [0.25, 0.3) is 0 Å². The Morgan fingerprint density at radius 2 is 1.60 bits per heavy atom. The maximum Gasteiger partial charge on any atom is 0.253 e. The smallest absolute Gasteiger partial charge is 0.253 e. The molecule has 1 atom stereocenters. The molecule has 20 heavy (non-hydrogen) atoms. The second kappa shape index (κ2) is 6.55. The first kappa shape index (κ1) is 14.6. The molecule has 108 valence electrons. The van der Waals surface area contributed by atoms with Gasteiger partial charge in [-0.25, -0.2) is 0 Å². The lowest BCUT2D eigenvalue weighted by Crippen LogP contribution is -2.51. The summed E-state index contributed by atoms with van der Waals surface area (Å²) in [7, 11) is 0. The summed E-state index contributed by atoms with van der Waals surface area (Å²) in [6, 6.07) is 9.31. The molecule has 1 unspecified atom stereocenters. The minimum absolute atomic E-state index is 0.0567. The second-order valence-electron chi connectivity index (χ2n) is 5.29. The molecule has 1 aromatic carbocycles. The van der Waals surface area contributed by atoms with Crippen molar-refractivity contribution in [2.75, 3.05) is 26.2 Å². The zero-order chi connectivity index (χ0) is 14.5. The molecule has 1 fully saturated rings. The van der Waals surface area contributed by atoms with Gasteiger partial charge in [0.15, 0.2) is 0 Å². The van der Waals surface area contributed by atoms with Crippen molar-refractivity contribution in [1.29, 1.82) is 0 Å². The Morgan fingerprint density at radius 3 is 2.15 bits per heavy atom. The van der Waals surface area contributed by atoms with Crippen LogP contribution >= 0.6 is 0 Å². The highest BCUT2D eigenvalue weighted by molar-refractivity contribution is 5.94. The van der Waals surface area contributed by atoms with Crippen LogP contribution in [0.15, 0.2) is 30.3 Å². The van der Waals surface area contributed by atoms with Gasteiger partial charge in [0.25, 0.3) is 5.91 Å². The van der Waals surface area contributed by atoms with Crippen LogP contribution in [-0.4, -0.2) is 47.8 Å².